The number of ether oxygens (including phenoxy) is 3. The minimum atomic E-state index is -1.38. The summed E-state index contributed by atoms with van der Waals surface area (Å²) in [7, 11) is 1.88. The van der Waals surface area contributed by atoms with Crippen molar-refractivity contribution in [2.24, 2.45) is 23.7 Å². The molecule has 1 saturated heterocycles. The van der Waals surface area contributed by atoms with E-state index in [1.165, 1.54) is 36.3 Å². The molecule has 19 nitrogen and oxygen atoms in total. The van der Waals surface area contributed by atoms with Crippen LogP contribution in [0, 0.1) is 23.7 Å². The molecule has 3 rings (SSSR count). The predicted octanol–water partition coefficient (Wildman–Crippen LogP) is 4.49. The van der Waals surface area contributed by atoms with Crippen LogP contribution in [0.25, 0.3) is 0 Å². The summed E-state index contributed by atoms with van der Waals surface area (Å²) in [4.78, 5) is 115. The SMILES string of the molecule is CCC(C)[C@H](NC(=O)[C@H]1CCCCN1C)C(=O)N(COC(=O)CC(C)C)[C@H](C[C@@H](OC(C)=O)c1nc(C(=O)N[C@@H](Cc2ccc(O)cc2)C(=O)[C@H](C)C(=O)NNC(=O)OCCS)cs1)C(C)C. The number of benzene rings is 1. The van der Waals surface area contributed by atoms with Crippen LogP contribution >= 0.6 is 24.0 Å². The maximum atomic E-state index is 14.9. The van der Waals surface area contributed by atoms with Crippen LogP contribution in [0.5, 0.6) is 5.75 Å². The van der Waals surface area contributed by atoms with Crippen molar-refractivity contribution in [2.45, 2.75) is 131 Å². The van der Waals surface area contributed by atoms with Crippen LogP contribution in [0.15, 0.2) is 29.6 Å². The lowest BCUT2D eigenvalue weighted by Gasteiger charge is -2.39. The number of carbonyl (C=O) groups excluding carboxylic acids is 8. The van der Waals surface area contributed by atoms with Gasteiger partial charge in [0.1, 0.15) is 29.1 Å². The van der Waals surface area contributed by atoms with Crippen LogP contribution in [0.2, 0.25) is 0 Å². The summed E-state index contributed by atoms with van der Waals surface area (Å²) in [5, 5.41) is 17.1. The molecule has 0 aliphatic carbocycles. The number of hydrogen-bond donors (Lipinski definition) is 6. The highest BCUT2D eigenvalue weighted by Crippen LogP contribution is 2.32. The first-order valence-electron chi connectivity index (χ1n) is 22.7. The normalized spacial score (nSPS) is 16.6. The van der Waals surface area contributed by atoms with Crippen molar-refractivity contribution >= 4 is 71.4 Å². The molecule has 5 amide bonds. The molecule has 2 aromatic rings. The predicted molar refractivity (Wildman–Crippen MR) is 252 cm³/mol. The summed E-state index contributed by atoms with van der Waals surface area (Å²) in [6, 6.07) is 2.45. The summed E-state index contributed by atoms with van der Waals surface area (Å²) in [5.41, 5.74) is 4.59. The number of nitrogens with zero attached hydrogens (tertiary/aromatic N) is 3. The number of phenols is 1. The van der Waals surface area contributed by atoms with Gasteiger partial charge in [-0.25, -0.2) is 15.2 Å². The Morgan fingerprint density at radius 1 is 0.970 bits per heavy atom. The van der Waals surface area contributed by atoms with E-state index >= 15 is 0 Å². The Hall–Kier alpha value is -5.28. The number of hydrazine groups is 1. The number of thiazole rings is 1. The van der Waals surface area contributed by atoms with Crippen molar-refractivity contribution in [1.82, 2.24) is 36.3 Å². The molecule has 7 atom stereocenters. The van der Waals surface area contributed by atoms with E-state index in [0.29, 0.717) is 18.4 Å². The van der Waals surface area contributed by atoms with E-state index in [4.69, 9.17) is 14.2 Å². The number of piperidine rings is 1. The Morgan fingerprint density at radius 3 is 2.25 bits per heavy atom. The number of phenolic OH excluding ortho intramolecular Hbond substituents is 1. The highest BCUT2D eigenvalue weighted by Gasteiger charge is 2.40. The summed E-state index contributed by atoms with van der Waals surface area (Å²) >= 11 is 4.95. The molecule has 1 aliphatic rings. The second-order valence-corrected chi connectivity index (χ2v) is 19.0. The number of esters is 2. The minimum absolute atomic E-state index is 0.0197. The van der Waals surface area contributed by atoms with Crippen molar-refractivity contribution in [3.8, 4) is 5.75 Å². The molecule has 1 fully saturated rings. The Bertz CT molecular complexity index is 2000. The van der Waals surface area contributed by atoms with Gasteiger partial charge in [-0.3, -0.25) is 43.9 Å². The van der Waals surface area contributed by atoms with Crippen LogP contribution in [-0.4, -0.2) is 124 Å². The molecule has 21 heteroatoms. The summed E-state index contributed by atoms with van der Waals surface area (Å²) in [6.45, 7) is 14.0. The third kappa shape index (κ3) is 17.7. The zero-order valence-corrected chi connectivity index (χ0v) is 41.7. The fourth-order valence-corrected chi connectivity index (χ4v) is 8.37. The highest BCUT2D eigenvalue weighted by atomic mass is 32.1. The lowest BCUT2D eigenvalue weighted by atomic mass is 9.92. The van der Waals surface area contributed by atoms with Crippen LogP contribution in [0.1, 0.15) is 121 Å². The quantitative estimate of drug-likeness (QED) is 0.0212. The molecular weight excluding hydrogens is 907 g/mol. The van der Waals surface area contributed by atoms with Crippen LogP contribution in [-0.2, 0) is 49.4 Å². The highest BCUT2D eigenvalue weighted by molar-refractivity contribution is 7.80. The van der Waals surface area contributed by atoms with Gasteiger partial charge in [-0.2, -0.15) is 12.6 Å². The van der Waals surface area contributed by atoms with Gasteiger partial charge in [0.25, 0.3) is 5.91 Å². The Kier molecular flexibility index (Phi) is 23.0. The number of likely N-dealkylation sites (tertiary alicyclic amines) is 1. The second-order valence-electron chi connectivity index (χ2n) is 17.6. The van der Waals surface area contributed by atoms with Gasteiger partial charge in [-0.15, -0.1) is 11.3 Å². The van der Waals surface area contributed by atoms with E-state index in [2.05, 4.69) is 39.1 Å². The Morgan fingerprint density at radius 2 is 1.66 bits per heavy atom. The first kappa shape index (κ1) is 56.0. The van der Waals surface area contributed by atoms with Crippen LogP contribution in [0.4, 0.5) is 4.79 Å². The van der Waals surface area contributed by atoms with E-state index in [9.17, 15) is 43.5 Å². The number of Topliss-reactive ketones (excluding diaryl/α,β-unsaturated/α-hetero) is 1. The van der Waals surface area contributed by atoms with Gasteiger partial charge < -0.3 is 34.9 Å². The third-order valence-electron chi connectivity index (χ3n) is 11.5. The number of ketones is 1. The number of nitrogens with one attached hydrogen (secondary N) is 4. The molecule has 0 spiro atoms. The number of thiol groups is 1. The molecule has 1 unspecified atom stereocenters. The number of carbonyl (C=O) groups is 8. The van der Waals surface area contributed by atoms with Crippen molar-refractivity contribution in [1.29, 1.82) is 0 Å². The van der Waals surface area contributed by atoms with Crippen molar-refractivity contribution < 1.29 is 57.7 Å². The monoisotopic (exact) mass is 975 g/mol. The zero-order valence-electron chi connectivity index (χ0n) is 40.0. The fraction of sp³-hybridized carbons (Fsp3) is 0.630. The van der Waals surface area contributed by atoms with Gasteiger partial charge in [-0.1, -0.05) is 66.5 Å². The molecule has 1 aromatic carbocycles. The standard InChI is InChI=1S/C46H69N7O12S2/c1-10-28(6)39(49-43(60)35-13-11-12-18-52(35)9)45(61)53(25-64-38(56)21-26(2)3)36(27(4)5)23-37(65-30(8)54)44-48-34(24-67-44)42(59)47-33(22-31-14-16-32(55)17-15-31)40(57)29(7)41(58)50-51-46(62)63-19-20-66/h14-17,24,26-29,33,35-37,39,55,66H,10-13,18-23,25H2,1-9H3,(H,47,59)(H,49,60)(H,50,58)(H,51,62)/t28?,29-,33-,35+,36+,37+,39-/m0/s1. The van der Waals surface area contributed by atoms with Gasteiger partial charge in [0.15, 0.2) is 18.6 Å². The molecule has 67 heavy (non-hydrogen) atoms. The molecule has 1 aliphatic heterocycles. The average Bonchev–Trinajstić information content (AvgIpc) is 3.78. The number of amides is 5. The average molecular weight is 976 g/mol. The topological polar surface area (TPSA) is 252 Å². The summed E-state index contributed by atoms with van der Waals surface area (Å²) in [6.07, 6.45) is 0.917. The lowest BCUT2D eigenvalue weighted by Crippen LogP contribution is -2.59. The molecule has 0 bridgehead atoms. The van der Waals surface area contributed by atoms with E-state index in [0.717, 1.165) is 30.7 Å². The van der Waals surface area contributed by atoms with Gasteiger partial charge in [0, 0.05) is 36.9 Å². The van der Waals surface area contributed by atoms with Gasteiger partial charge >= 0.3 is 18.0 Å². The first-order chi connectivity index (χ1) is 31.7. The van der Waals surface area contributed by atoms with Crippen LogP contribution < -0.4 is 21.5 Å². The van der Waals surface area contributed by atoms with Gasteiger partial charge in [0.2, 0.25) is 17.7 Å². The van der Waals surface area contributed by atoms with E-state index in [-0.39, 0.29) is 71.7 Å². The molecule has 372 valence electrons. The van der Waals surface area contributed by atoms with Crippen molar-refractivity contribution in [2.75, 3.05) is 32.7 Å². The number of rotatable bonds is 24. The molecule has 0 radical (unpaired) electrons. The molecule has 1 aromatic heterocycles. The molecular formula is C46H69N7O12S2. The smallest absolute Gasteiger partial charge is 0.426 e. The maximum Gasteiger partial charge on any atom is 0.426 e. The summed E-state index contributed by atoms with van der Waals surface area (Å²) in [5.74, 6) is -6.16. The lowest BCUT2D eigenvalue weighted by molar-refractivity contribution is -0.161. The van der Waals surface area contributed by atoms with E-state index in [1.807, 2.05) is 53.5 Å². The largest absolute Gasteiger partial charge is 0.508 e. The van der Waals surface area contributed by atoms with Crippen LogP contribution in [0.3, 0.4) is 0 Å². The zero-order chi connectivity index (χ0) is 50.0. The number of likely N-dealkylation sites (N-methyl/N-ethyl adjacent to an activating group) is 1. The molecule has 0 saturated carbocycles. The third-order valence-corrected chi connectivity index (χ3v) is 12.6. The summed E-state index contributed by atoms with van der Waals surface area (Å²) < 4.78 is 16.4. The van der Waals surface area contributed by atoms with E-state index in [1.54, 1.807) is 12.1 Å². The number of hydrogen-bond acceptors (Lipinski definition) is 16. The maximum absolute atomic E-state index is 14.9. The number of aromatic hydroxyl groups is 1. The molecule has 2 heterocycles. The van der Waals surface area contributed by atoms with Gasteiger partial charge in [-0.05, 0) is 75.2 Å². The fourth-order valence-electron chi connectivity index (χ4n) is 7.44. The first-order valence-corrected chi connectivity index (χ1v) is 24.2. The Balaban J connectivity index is 1.97. The molecule has 5 N–H and O–H groups in total. The Labute approximate surface area is 402 Å². The van der Waals surface area contributed by atoms with E-state index < -0.39 is 84.5 Å². The van der Waals surface area contributed by atoms with Crippen molar-refractivity contribution in [3.05, 3.63) is 45.9 Å². The minimum Gasteiger partial charge on any atom is -0.508 e. The second kappa shape index (κ2) is 27.5. The van der Waals surface area contributed by atoms with Crippen molar-refractivity contribution in [3.63, 3.8) is 0 Å². The van der Waals surface area contributed by atoms with Gasteiger partial charge in [0.05, 0.1) is 18.0 Å². The number of aromatic nitrogens is 1.